The van der Waals surface area contributed by atoms with Crippen LogP contribution in [0.1, 0.15) is 56.3 Å². The molecule has 2 aromatic carbocycles. The Labute approximate surface area is 197 Å². The van der Waals surface area contributed by atoms with Gasteiger partial charge >= 0.3 is 0 Å². The van der Waals surface area contributed by atoms with E-state index in [0.717, 1.165) is 19.4 Å². The maximum Gasteiger partial charge on any atom is 0.261 e. The second-order valence-corrected chi connectivity index (χ2v) is 10.1. The molecule has 1 aliphatic heterocycles. The number of nitrogens with zero attached hydrogens (tertiary/aromatic N) is 1. The van der Waals surface area contributed by atoms with Gasteiger partial charge in [-0.1, -0.05) is 12.5 Å². The lowest BCUT2D eigenvalue weighted by atomic mass is 10.0. The summed E-state index contributed by atoms with van der Waals surface area (Å²) in [6.07, 6.45) is 5.84. The first kappa shape index (κ1) is 25.1. The van der Waals surface area contributed by atoms with Crippen molar-refractivity contribution in [3.8, 4) is 5.75 Å². The highest BCUT2D eigenvalue weighted by atomic mass is 32.2. The van der Waals surface area contributed by atoms with E-state index in [1.165, 1.54) is 37.9 Å². The third-order valence-corrected chi connectivity index (χ3v) is 7.32. The van der Waals surface area contributed by atoms with Gasteiger partial charge in [0.15, 0.2) is 0 Å². The molecule has 0 saturated carbocycles. The molecule has 180 valence electrons. The van der Waals surface area contributed by atoms with Crippen LogP contribution in [-0.4, -0.2) is 51.5 Å². The number of nitrogens with one attached hydrogen (secondary N) is 2. The zero-order chi connectivity index (χ0) is 23.7. The van der Waals surface area contributed by atoms with Crippen molar-refractivity contribution in [3.63, 3.8) is 0 Å². The van der Waals surface area contributed by atoms with E-state index < -0.39 is 10.0 Å². The number of hydrogen-bond acceptors (Lipinski definition) is 5. The fraction of sp³-hybridized carbons (Fsp3) is 0.480. The van der Waals surface area contributed by atoms with Gasteiger partial charge < -0.3 is 15.0 Å². The highest BCUT2D eigenvalue weighted by Gasteiger charge is 2.17. The first-order valence-electron chi connectivity index (χ1n) is 11.8. The second kappa shape index (κ2) is 12.0. The lowest BCUT2D eigenvalue weighted by Crippen LogP contribution is -2.38. The average molecular weight is 474 g/mol. The smallest absolute Gasteiger partial charge is 0.261 e. The molecule has 1 saturated heterocycles. The standard InChI is InChI=1S/C25H35N3O4S/c1-3-32-23-12-14-24(15-13-23)33(30,31)27-22-11-8-10-21(19-22)25(29)26-16-5-7-18-28-17-6-4-9-20(28)2/h8,10-15,19-20,27H,3-7,9,16-18H2,1-2H3,(H,26,29)/t20-/m0/s1. The molecule has 1 heterocycles. The number of ether oxygens (including phenoxy) is 1. The Morgan fingerprint density at radius 1 is 1.12 bits per heavy atom. The number of amides is 1. The number of benzene rings is 2. The largest absolute Gasteiger partial charge is 0.494 e. The molecular formula is C25H35N3O4S. The van der Waals surface area contributed by atoms with E-state index in [9.17, 15) is 13.2 Å². The van der Waals surface area contributed by atoms with E-state index in [1.807, 2.05) is 6.92 Å². The minimum Gasteiger partial charge on any atom is -0.494 e. The summed E-state index contributed by atoms with van der Waals surface area (Å²) in [7, 11) is -3.77. The molecule has 0 radical (unpaired) electrons. The van der Waals surface area contributed by atoms with Crippen molar-refractivity contribution in [3.05, 3.63) is 54.1 Å². The topological polar surface area (TPSA) is 87.7 Å². The number of rotatable bonds is 11. The van der Waals surface area contributed by atoms with Crippen LogP contribution in [0.4, 0.5) is 5.69 Å². The second-order valence-electron chi connectivity index (χ2n) is 8.43. The number of carbonyl (C=O) groups excluding carboxylic acids is 1. The third-order valence-electron chi connectivity index (χ3n) is 5.92. The Morgan fingerprint density at radius 3 is 2.64 bits per heavy atom. The molecule has 33 heavy (non-hydrogen) atoms. The first-order valence-corrected chi connectivity index (χ1v) is 13.3. The van der Waals surface area contributed by atoms with Crippen LogP contribution in [0.3, 0.4) is 0 Å². The molecule has 0 unspecified atom stereocenters. The molecule has 0 aliphatic carbocycles. The molecule has 8 heteroatoms. The first-order chi connectivity index (χ1) is 15.9. The summed E-state index contributed by atoms with van der Waals surface area (Å²) in [6.45, 7) is 7.51. The van der Waals surface area contributed by atoms with Gasteiger partial charge in [0.2, 0.25) is 0 Å². The molecule has 0 aromatic heterocycles. The number of unbranched alkanes of at least 4 members (excludes halogenated alkanes) is 1. The van der Waals surface area contributed by atoms with Crippen molar-refractivity contribution in [2.45, 2.75) is 56.9 Å². The minimum atomic E-state index is -3.77. The summed E-state index contributed by atoms with van der Waals surface area (Å²) in [5.41, 5.74) is 0.766. The van der Waals surface area contributed by atoms with Gasteiger partial charge in [-0.05, 0) is 95.1 Å². The monoisotopic (exact) mass is 473 g/mol. The van der Waals surface area contributed by atoms with E-state index in [4.69, 9.17) is 4.74 Å². The number of carbonyl (C=O) groups is 1. The van der Waals surface area contributed by atoms with Crippen molar-refractivity contribution in [1.29, 1.82) is 0 Å². The Balaban J connectivity index is 1.49. The van der Waals surface area contributed by atoms with Gasteiger partial charge in [-0.3, -0.25) is 9.52 Å². The van der Waals surface area contributed by atoms with Crippen LogP contribution in [0.2, 0.25) is 0 Å². The van der Waals surface area contributed by atoms with Gasteiger partial charge in [0.1, 0.15) is 5.75 Å². The molecule has 1 aliphatic rings. The van der Waals surface area contributed by atoms with Crippen LogP contribution in [-0.2, 0) is 10.0 Å². The summed E-state index contributed by atoms with van der Waals surface area (Å²) < 4.78 is 33.3. The molecule has 1 fully saturated rings. The lowest BCUT2D eigenvalue weighted by molar-refractivity contribution is 0.0951. The molecular weight excluding hydrogens is 438 g/mol. The van der Waals surface area contributed by atoms with Crippen LogP contribution in [0, 0.1) is 0 Å². The van der Waals surface area contributed by atoms with Crippen LogP contribution in [0.15, 0.2) is 53.4 Å². The Bertz CT molecular complexity index is 1010. The number of anilines is 1. The fourth-order valence-corrected chi connectivity index (χ4v) is 5.10. The number of piperidine rings is 1. The van der Waals surface area contributed by atoms with Gasteiger partial charge in [0.25, 0.3) is 15.9 Å². The summed E-state index contributed by atoms with van der Waals surface area (Å²) >= 11 is 0. The molecule has 2 N–H and O–H groups in total. The Kier molecular flexibility index (Phi) is 9.14. The van der Waals surface area contributed by atoms with Gasteiger partial charge in [-0.25, -0.2) is 8.42 Å². The predicted molar refractivity (Wildman–Crippen MR) is 131 cm³/mol. The molecule has 1 atom stereocenters. The van der Waals surface area contributed by atoms with E-state index in [2.05, 4.69) is 21.9 Å². The normalized spacial score (nSPS) is 16.8. The van der Waals surface area contributed by atoms with Crippen molar-refractivity contribution >= 4 is 21.6 Å². The number of likely N-dealkylation sites (tertiary alicyclic amines) is 1. The SMILES string of the molecule is CCOc1ccc(S(=O)(=O)Nc2cccc(C(=O)NCCCCN3CCCC[C@@H]3C)c2)cc1. The molecule has 0 bridgehead atoms. The van der Waals surface area contributed by atoms with Crippen molar-refractivity contribution < 1.29 is 17.9 Å². The number of hydrogen-bond donors (Lipinski definition) is 2. The maximum absolute atomic E-state index is 12.7. The summed E-state index contributed by atoms with van der Waals surface area (Å²) in [4.78, 5) is 15.2. The van der Waals surface area contributed by atoms with Crippen LogP contribution in [0.5, 0.6) is 5.75 Å². The van der Waals surface area contributed by atoms with Crippen LogP contribution < -0.4 is 14.8 Å². The van der Waals surface area contributed by atoms with Crippen molar-refractivity contribution in [2.75, 3.05) is 31.0 Å². The van der Waals surface area contributed by atoms with E-state index in [0.29, 0.717) is 36.2 Å². The van der Waals surface area contributed by atoms with Crippen molar-refractivity contribution in [1.82, 2.24) is 10.2 Å². The van der Waals surface area contributed by atoms with E-state index in [-0.39, 0.29) is 10.8 Å². The summed E-state index contributed by atoms with van der Waals surface area (Å²) in [5.74, 6) is 0.406. The quantitative estimate of drug-likeness (QED) is 0.476. The highest BCUT2D eigenvalue weighted by molar-refractivity contribution is 7.92. The molecule has 1 amide bonds. The minimum absolute atomic E-state index is 0.129. The Morgan fingerprint density at radius 2 is 1.91 bits per heavy atom. The molecule has 2 aromatic rings. The highest BCUT2D eigenvalue weighted by Crippen LogP contribution is 2.20. The Hall–Kier alpha value is -2.58. The number of sulfonamides is 1. The molecule has 3 rings (SSSR count). The van der Waals surface area contributed by atoms with Crippen LogP contribution >= 0.6 is 0 Å². The van der Waals surface area contributed by atoms with Gasteiger partial charge in [0, 0.05) is 23.8 Å². The predicted octanol–water partition coefficient (Wildman–Crippen LogP) is 4.27. The van der Waals surface area contributed by atoms with E-state index in [1.54, 1.807) is 36.4 Å². The van der Waals surface area contributed by atoms with Gasteiger partial charge in [-0.2, -0.15) is 0 Å². The summed E-state index contributed by atoms with van der Waals surface area (Å²) in [6, 6.07) is 13.4. The summed E-state index contributed by atoms with van der Waals surface area (Å²) in [5, 5.41) is 2.94. The van der Waals surface area contributed by atoms with Crippen molar-refractivity contribution in [2.24, 2.45) is 0 Å². The maximum atomic E-state index is 12.7. The fourth-order valence-electron chi connectivity index (χ4n) is 4.05. The molecule has 7 nitrogen and oxygen atoms in total. The molecule has 0 spiro atoms. The lowest BCUT2D eigenvalue weighted by Gasteiger charge is -2.33. The van der Waals surface area contributed by atoms with Gasteiger partial charge in [0.05, 0.1) is 11.5 Å². The zero-order valence-corrected chi connectivity index (χ0v) is 20.4. The average Bonchev–Trinajstić information content (AvgIpc) is 2.80. The third kappa shape index (κ3) is 7.47. The van der Waals surface area contributed by atoms with Crippen LogP contribution in [0.25, 0.3) is 0 Å². The van der Waals surface area contributed by atoms with Gasteiger partial charge in [-0.15, -0.1) is 0 Å². The zero-order valence-electron chi connectivity index (χ0n) is 19.5. The van der Waals surface area contributed by atoms with E-state index >= 15 is 0 Å².